The zero-order valence-electron chi connectivity index (χ0n) is 23.0. The van der Waals surface area contributed by atoms with Gasteiger partial charge >= 0.3 is 6.03 Å². The van der Waals surface area contributed by atoms with E-state index in [9.17, 15) is 18.4 Å². The second-order valence-electron chi connectivity index (χ2n) is 11.4. The summed E-state index contributed by atoms with van der Waals surface area (Å²) in [5, 5.41) is 0. The van der Waals surface area contributed by atoms with Gasteiger partial charge in [-0.05, 0) is 48.6 Å². The summed E-state index contributed by atoms with van der Waals surface area (Å²) in [5.74, 6) is -2.90. The molecule has 214 valence electrons. The lowest BCUT2D eigenvalue weighted by Crippen LogP contribution is -2.55. The van der Waals surface area contributed by atoms with E-state index in [4.69, 9.17) is 9.72 Å². The van der Waals surface area contributed by atoms with E-state index in [0.29, 0.717) is 56.5 Å². The monoisotopic (exact) mass is 554 g/mol. The topological polar surface area (TPSA) is 90.0 Å². The number of carbonyl (C=O) groups is 2. The van der Waals surface area contributed by atoms with E-state index in [-0.39, 0.29) is 12.5 Å². The van der Waals surface area contributed by atoms with Gasteiger partial charge in [-0.2, -0.15) is 0 Å². The molecule has 4 heterocycles. The molecule has 1 atom stereocenters. The molecule has 4 fully saturated rings. The highest BCUT2D eigenvalue weighted by atomic mass is 19.3. The SMILES string of the molecule is CCc1nc(N2CC3(CCN(C(=O)[C@H]4CC4(F)F)CC3)N(Cc3cccc(OC)c3)C2=O)ccc1C1CNNC1. The van der Waals surface area contributed by atoms with Gasteiger partial charge in [0.05, 0.1) is 19.2 Å². The van der Waals surface area contributed by atoms with Crippen LogP contribution in [0.4, 0.5) is 19.4 Å². The summed E-state index contributed by atoms with van der Waals surface area (Å²) < 4.78 is 32.6. The van der Waals surface area contributed by atoms with Crippen LogP contribution in [-0.2, 0) is 17.8 Å². The van der Waals surface area contributed by atoms with Gasteiger partial charge in [-0.1, -0.05) is 25.1 Å². The van der Waals surface area contributed by atoms with Crippen LogP contribution in [-0.4, -0.2) is 78.0 Å². The number of pyridine rings is 1. The summed E-state index contributed by atoms with van der Waals surface area (Å²) >= 11 is 0. The molecule has 1 saturated carbocycles. The first-order valence-electron chi connectivity index (χ1n) is 14.1. The van der Waals surface area contributed by atoms with Crippen LogP contribution in [0, 0.1) is 5.92 Å². The minimum absolute atomic E-state index is 0.136. The number of aryl methyl sites for hydroxylation is 1. The van der Waals surface area contributed by atoms with Crippen LogP contribution in [0.1, 0.15) is 48.9 Å². The molecule has 1 aromatic heterocycles. The summed E-state index contributed by atoms with van der Waals surface area (Å²) in [5.41, 5.74) is 8.90. The quantitative estimate of drug-likeness (QED) is 0.546. The molecule has 40 heavy (non-hydrogen) atoms. The average Bonchev–Trinajstić information content (AvgIpc) is 3.27. The van der Waals surface area contributed by atoms with Gasteiger partial charge in [0.1, 0.15) is 17.5 Å². The molecule has 6 rings (SSSR count). The number of anilines is 1. The van der Waals surface area contributed by atoms with Crippen molar-refractivity contribution in [2.75, 3.05) is 44.7 Å². The van der Waals surface area contributed by atoms with E-state index in [0.717, 1.165) is 30.8 Å². The van der Waals surface area contributed by atoms with Gasteiger partial charge in [0.15, 0.2) is 0 Å². The largest absolute Gasteiger partial charge is 0.497 e. The van der Waals surface area contributed by atoms with Crippen molar-refractivity contribution in [2.45, 2.75) is 56.5 Å². The van der Waals surface area contributed by atoms with E-state index in [1.54, 1.807) is 16.9 Å². The van der Waals surface area contributed by atoms with Crippen LogP contribution in [0.5, 0.6) is 5.75 Å². The molecule has 3 amide bonds. The molecule has 2 aromatic rings. The van der Waals surface area contributed by atoms with Gasteiger partial charge in [-0.15, -0.1) is 0 Å². The molecule has 3 aliphatic heterocycles. The van der Waals surface area contributed by atoms with Crippen molar-refractivity contribution in [3.05, 3.63) is 53.2 Å². The zero-order chi connectivity index (χ0) is 28.1. The maximum atomic E-state index is 14.1. The predicted molar refractivity (Wildman–Crippen MR) is 145 cm³/mol. The fourth-order valence-corrected chi connectivity index (χ4v) is 6.43. The van der Waals surface area contributed by atoms with Crippen molar-refractivity contribution in [1.82, 2.24) is 25.6 Å². The van der Waals surface area contributed by atoms with Gasteiger partial charge in [0.2, 0.25) is 5.91 Å². The normalized spacial score (nSPS) is 23.8. The number of urea groups is 1. The summed E-state index contributed by atoms with van der Waals surface area (Å²) in [6, 6.07) is 11.5. The number of benzene rings is 1. The van der Waals surface area contributed by atoms with Gasteiger partial charge in [0.25, 0.3) is 5.92 Å². The molecular formula is C29H36F2N6O3. The second kappa shape index (κ2) is 10.3. The molecule has 0 radical (unpaired) electrons. The van der Waals surface area contributed by atoms with E-state index in [2.05, 4.69) is 23.8 Å². The van der Waals surface area contributed by atoms with Gasteiger partial charge in [0, 0.05) is 50.8 Å². The third-order valence-electron chi connectivity index (χ3n) is 8.96. The first-order valence-corrected chi connectivity index (χ1v) is 14.1. The van der Waals surface area contributed by atoms with Gasteiger partial charge in [-0.3, -0.25) is 20.5 Å². The summed E-state index contributed by atoms with van der Waals surface area (Å²) in [6.45, 7) is 5.22. The Morgan fingerprint density at radius 1 is 1.15 bits per heavy atom. The number of alkyl halides is 2. The second-order valence-corrected chi connectivity index (χ2v) is 11.4. The van der Waals surface area contributed by atoms with E-state index in [1.165, 1.54) is 5.56 Å². The lowest BCUT2D eigenvalue weighted by Gasteiger charge is -2.43. The van der Waals surface area contributed by atoms with E-state index >= 15 is 0 Å². The molecule has 2 N–H and O–H groups in total. The minimum atomic E-state index is -2.88. The van der Waals surface area contributed by atoms with Crippen molar-refractivity contribution in [1.29, 1.82) is 0 Å². The molecular weight excluding hydrogens is 518 g/mol. The first-order chi connectivity index (χ1) is 19.2. The van der Waals surface area contributed by atoms with Crippen LogP contribution < -0.4 is 20.5 Å². The number of halogens is 2. The van der Waals surface area contributed by atoms with Gasteiger partial charge < -0.3 is 14.5 Å². The van der Waals surface area contributed by atoms with E-state index < -0.39 is 23.3 Å². The fraction of sp³-hybridized carbons (Fsp3) is 0.552. The molecule has 9 nitrogen and oxygen atoms in total. The highest BCUT2D eigenvalue weighted by molar-refractivity contribution is 5.94. The maximum Gasteiger partial charge on any atom is 0.326 e. The lowest BCUT2D eigenvalue weighted by atomic mass is 9.86. The number of piperidine rings is 1. The number of hydrazine groups is 1. The highest BCUT2D eigenvalue weighted by Gasteiger charge is 2.63. The molecule has 1 aliphatic carbocycles. The Balaban J connectivity index is 1.28. The Morgan fingerprint density at radius 2 is 1.88 bits per heavy atom. The van der Waals surface area contributed by atoms with Crippen LogP contribution in [0.2, 0.25) is 0 Å². The number of methoxy groups -OCH3 is 1. The molecule has 1 aromatic carbocycles. The molecule has 1 spiro atoms. The summed E-state index contributed by atoms with van der Waals surface area (Å²) in [7, 11) is 1.61. The molecule has 0 unspecified atom stereocenters. The Hall–Kier alpha value is -3.31. The van der Waals surface area contributed by atoms with E-state index in [1.807, 2.05) is 35.2 Å². The van der Waals surface area contributed by atoms with Crippen LogP contribution >= 0.6 is 0 Å². The number of nitrogens with one attached hydrogen (secondary N) is 2. The Bertz CT molecular complexity index is 1290. The minimum Gasteiger partial charge on any atom is -0.497 e. The number of nitrogens with zero attached hydrogens (tertiary/aromatic N) is 4. The number of rotatable bonds is 7. The summed E-state index contributed by atoms with van der Waals surface area (Å²) in [6.07, 6.45) is 1.42. The zero-order valence-corrected chi connectivity index (χ0v) is 23.0. The van der Waals surface area contributed by atoms with Crippen molar-refractivity contribution in [2.24, 2.45) is 5.92 Å². The van der Waals surface area contributed by atoms with Crippen molar-refractivity contribution < 1.29 is 23.1 Å². The van der Waals surface area contributed by atoms with Crippen LogP contribution in [0.15, 0.2) is 36.4 Å². The van der Waals surface area contributed by atoms with Crippen molar-refractivity contribution >= 4 is 17.8 Å². The standard InChI is InChI=1S/C29H36F2N6O3/c1-3-24-22(20-15-32-33-16-20)7-8-25(34-24)36-18-28(9-11-35(12-10-28)26(38)23-14-29(23,30)31)37(27(36)39)17-19-5-4-6-21(13-19)40-2/h4-8,13,20,23,32-33H,3,9-12,14-18H2,1-2H3/t23-/m1/s1. The third-order valence-corrected chi connectivity index (χ3v) is 8.96. The molecule has 4 aliphatic rings. The Labute approximate surface area is 232 Å². The highest BCUT2D eigenvalue weighted by Crippen LogP contribution is 2.50. The average molecular weight is 555 g/mol. The summed E-state index contributed by atoms with van der Waals surface area (Å²) in [4.78, 5) is 36.9. The predicted octanol–water partition coefficient (Wildman–Crippen LogP) is 3.30. The number of hydrogen-bond donors (Lipinski definition) is 2. The molecule has 11 heteroatoms. The molecule has 3 saturated heterocycles. The Kier molecular flexibility index (Phi) is 6.90. The number of amides is 3. The smallest absolute Gasteiger partial charge is 0.326 e. The first kappa shape index (κ1) is 26.9. The number of hydrogen-bond acceptors (Lipinski definition) is 6. The number of likely N-dealkylation sites (tertiary alicyclic amines) is 1. The van der Waals surface area contributed by atoms with Gasteiger partial charge in [-0.25, -0.2) is 18.6 Å². The maximum absolute atomic E-state index is 14.1. The fourth-order valence-electron chi connectivity index (χ4n) is 6.43. The number of ether oxygens (including phenoxy) is 1. The van der Waals surface area contributed by atoms with Crippen molar-refractivity contribution in [3.8, 4) is 5.75 Å². The Morgan fingerprint density at radius 3 is 2.52 bits per heavy atom. The van der Waals surface area contributed by atoms with Crippen LogP contribution in [0.25, 0.3) is 0 Å². The third kappa shape index (κ3) is 4.79. The number of carbonyl (C=O) groups excluding carboxylic acids is 2. The van der Waals surface area contributed by atoms with Crippen molar-refractivity contribution in [3.63, 3.8) is 0 Å². The molecule has 0 bridgehead atoms. The van der Waals surface area contributed by atoms with Crippen LogP contribution in [0.3, 0.4) is 0 Å². The lowest BCUT2D eigenvalue weighted by molar-refractivity contribution is -0.137. The number of aromatic nitrogens is 1.